The SMILES string of the molecule is CN(C)[C@@H]1CS(=O)(=O)C[C@H]1N(C)C. The highest BCUT2D eigenvalue weighted by molar-refractivity contribution is 7.91. The number of nitrogens with zero attached hydrogens (tertiary/aromatic N) is 2. The van der Waals surface area contributed by atoms with Crippen molar-refractivity contribution in [1.82, 2.24) is 9.80 Å². The highest BCUT2D eigenvalue weighted by atomic mass is 32.2. The van der Waals surface area contributed by atoms with Crippen LogP contribution in [0.3, 0.4) is 0 Å². The van der Waals surface area contributed by atoms with Crippen LogP contribution in [0.5, 0.6) is 0 Å². The van der Waals surface area contributed by atoms with Crippen molar-refractivity contribution in [2.45, 2.75) is 12.1 Å². The minimum absolute atomic E-state index is 0.139. The normalized spacial score (nSPS) is 33.1. The van der Waals surface area contributed by atoms with Crippen molar-refractivity contribution >= 4 is 9.84 Å². The summed E-state index contributed by atoms with van der Waals surface area (Å²) in [7, 11) is 4.91. The molecule has 1 aliphatic rings. The van der Waals surface area contributed by atoms with Gasteiger partial charge in [0.1, 0.15) is 0 Å². The molecule has 0 spiro atoms. The van der Waals surface area contributed by atoms with Crippen LogP contribution in [0.2, 0.25) is 0 Å². The maximum absolute atomic E-state index is 11.4. The van der Waals surface area contributed by atoms with Crippen LogP contribution in [0.4, 0.5) is 0 Å². The summed E-state index contributed by atoms with van der Waals surface area (Å²) in [6, 6.07) is 0.278. The summed E-state index contributed by atoms with van der Waals surface area (Å²) in [6.07, 6.45) is 0. The molecular formula is C8H18N2O2S. The standard InChI is InChI=1S/C8H18N2O2S/c1-9(2)7-5-13(11,12)6-8(7)10(3)4/h7-8H,5-6H2,1-4H3/t7-,8-/m1/s1. The summed E-state index contributed by atoms with van der Waals surface area (Å²) in [5.74, 6) is 0.589. The van der Waals surface area contributed by atoms with Gasteiger partial charge in [-0.1, -0.05) is 0 Å². The van der Waals surface area contributed by atoms with Gasteiger partial charge >= 0.3 is 0 Å². The van der Waals surface area contributed by atoms with Gasteiger partial charge in [-0.3, -0.25) is 0 Å². The zero-order valence-corrected chi connectivity index (χ0v) is 9.50. The van der Waals surface area contributed by atoms with Crippen LogP contribution >= 0.6 is 0 Å². The van der Waals surface area contributed by atoms with Crippen molar-refractivity contribution in [3.05, 3.63) is 0 Å². The van der Waals surface area contributed by atoms with Gasteiger partial charge in [-0.15, -0.1) is 0 Å². The third-order valence-corrected chi connectivity index (χ3v) is 4.32. The second kappa shape index (κ2) is 3.55. The van der Waals surface area contributed by atoms with E-state index in [2.05, 4.69) is 0 Å². The number of hydrogen-bond donors (Lipinski definition) is 0. The van der Waals surface area contributed by atoms with Gasteiger partial charge in [0, 0.05) is 12.1 Å². The Kier molecular flexibility index (Phi) is 2.99. The molecule has 0 aromatic carbocycles. The van der Waals surface area contributed by atoms with Crippen molar-refractivity contribution in [2.75, 3.05) is 39.7 Å². The van der Waals surface area contributed by atoms with E-state index in [4.69, 9.17) is 0 Å². The molecule has 0 aromatic heterocycles. The Hall–Kier alpha value is -0.130. The van der Waals surface area contributed by atoms with E-state index in [0.29, 0.717) is 11.5 Å². The molecule has 0 radical (unpaired) electrons. The van der Waals surface area contributed by atoms with Crippen LogP contribution < -0.4 is 0 Å². The minimum atomic E-state index is -2.82. The Bertz CT molecular complexity index is 250. The zero-order chi connectivity index (χ0) is 10.2. The Morgan fingerprint density at radius 3 is 1.46 bits per heavy atom. The first-order chi connectivity index (χ1) is 5.83. The fourth-order valence-corrected chi connectivity index (χ4v) is 4.01. The highest BCUT2D eigenvalue weighted by Gasteiger charge is 2.39. The van der Waals surface area contributed by atoms with Crippen molar-refractivity contribution in [1.29, 1.82) is 0 Å². The lowest BCUT2D eigenvalue weighted by atomic mass is 10.1. The molecule has 1 rings (SSSR count). The van der Waals surface area contributed by atoms with Gasteiger partial charge in [-0.05, 0) is 28.2 Å². The maximum Gasteiger partial charge on any atom is 0.153 e. The van der Waals surface area contributed by atoms with Gasteiger partial charge in [0.15, 0.2) is 9.84 Å². The first kappa shape index (κ1) is 10.9. The minimum Gasteiger partial charge on any atom is -0.304 e. The molecule has 13 heavy (non-hydrogen) atoms. The first-order valence-electron chi connectivity index (χ1n) is 4.37. The summed E-state index contributed by atoms with van der Waals surface area (Å²) >= 11 is 0. The van der Waals surface area contributed by atoms with Gasteiger partial charge in [-0.2, -0.15) is 0 Å². The summed E-state index contributed by atoms with van der Waals surface area (Å²) in [4.78, 5) is 3.99. The summed E-state index contributed by atoms with van der Waals surface area (Å²) < 4.78 is 22.8. The molecule has 4 nitrogen and oxygen atoms in total. The van der Waals surface area contributed by atoms with E-state index in [1.165, 1.54) is 0 Å². The Labute approximate surface area is 80.4 Å². The van der Waals surface area contributed by atoms with Gasteiger partial charge in [0.2, 0.25) is 0 Å². The molecule has 0 saturated carbocycles. The van der Waals surface area contributed by atoms with Gasteiger partial charge in [-0.25, -0.2) is 8.42 Å². The fourth-order valence-electron chi connectivity index (χ4n) is 1.80. The smallest absolute Gasteiger partial charge is 0.153 e. The molecule has 1 aliphatic heterocycles. The largest absolute Gasteiger partial charge is 0.304 e. The fraction of sp³-hybridized carbons (Fsp3) is 1.00. The molecule has 1 heterocycles. The highest BCUT2D eigenvalue weighted by Crippen LogP contribution is 2.19. The predicted octanol–water partition coefficient (Wildman–Crippen LogP) is -0.725. The molecule has 1 fully saturated rings. The van der Waals surface area contributed by atoms with E-state index in [1.807, 2.05) is 38.0 Å². The van der Waals surface area contributed by atoms with Crippen LogP contribution in [-0.4, -0.2) is 70.0 Å². The van der Waals surface area contributed by atoms with E-state index in [9.17, 15) is 8.42 Å². The lowest BCUT2D eigenvalue weighted by molar-refractivity contribution is 0.191. The zero-order valence-electron chi connectivity index (χ0n) is 8.69. The molecule has 5 heteroatoms. The topological polar surface area (TPSA) is 40.6 Å². The van der Waals surface area contributed by atoms with E-state index < -0.39 is 9.84 Å². The van der Waals surface area contributed by atoms with Gasteiger partial charge in [0.05, 0.1) is 11.5 Å². The Morgan fingerprint density at radius 1 is 0.923 bits per heavy atom. The number of rotatable bonds is 2. The predicted molar refractivity (Wildman–Crippen MR) is 53.6 cm³/mol. The molecule has 0 amide bonds. The second-order valence-corrected chi connectivity index (χ2v) is 6.29. The Morgan fingerprint density at radius 2 is 1.23 bits per heavy atom. The third-order valence-electron chi connectivity index (χ3n) is 2.62. The number of sulfone groups is 1. The van der Waals surface area contributed by atoms with E-state index >= 15 is 0 Å². The number of likely N-dealkylation sites (N-methyl/N-ethyl adjacent to an activating group) is 2. The second-order valence-electron chi connectivity index (χ2n) is 4.14. The van der Waals surface area contributed by atoms with Crippen molar-refractivity contribution in [2.24, 2.45) is 0 Å². The third kappa shape index (κ3) is 2.42. The lowest BCUT2D eigenvalue weighted by Gasteiger charge is -2.29. The van der Waals surface area contributed by atoms with Crippen LogP contribution in [0.1, 0.15) is 0 Å². The van der Waals surface area contributed by atoms with Crippen LogP contribution in [-0.2, 0) is 9.84 Å². The van der Waals surface area contributed by atoms with E-state index in [-0.39, 0.29) is 12.1 Å². The molecule has 0 aliphatic carbocycles. The molecule has 0 unspecified atom stereocenters. The molecule has 0 N–H and O–H groups in total. The summed E-state index contributed by atoms with van der Waals surface area (Å²) in [5, 5.41) is 0. The quantitative estimate of drug-likeness (QED) is 0.597. The van der Waals surface area contributed by atoms with Crippen LogP contribution in [0.25, 0.3) is 0 Å². The van der Waals surface area contributed by atoms with E-state index in [0.717, 1.165) is 0 Å². The summed E-state index contributed by atoms with van der Waals surface area (Å²) in [5.41, 5.74) is 0. The van der Waals surface area contributed by atoms with Gasteiger partial charge < -0.3 is 9.80 Å². The molecule has 1 saturated heterocycles. The summed E-state index contributed by atoms with van der Waals surface area (Å²) in [6.45, 7) is 0. The van der Waals surface area contributed by atoms with E-state index in [1.54, 1.807) is 0 Å². The molecule has 2 atom stereocenters. The van der Waals surface area contributed by atoms with Crippen LogP contribution in [0, 0.1) is 0 Å². The monoisotopic (exact) mass is 206 g/mol. The van der Waals surface area contributed by atoms with Crippen molar-refractivity contribution in [3.63, 3.8) is 0 Å². The molecule has 78 valence electrons. The first-order valence-corrected chi connectivity index (χ1v) is 6.19. The number of hydrogen-bond acceptors (Lipinski definition) is 4. The molecular weight excluding hydrogens is 188 g/mol. The molecule has 0 aromatic rings. The van der Waals surface area contributed by atoms with Crippen molar-refractivity contribution < 1.29 is 8.42 Å². The average Bonchev–Trinajstić information content (AvgIpc) is 2.26. The van der Waals surface area contributed by atoms with Crippen molar-refractivity contribution in [3.8, 4) is 0 Å². The van der Waals surface area contributed by atoms with Gasteiger partial charge in [0.25, 0.3) is 0 Å². The maximum atomic E-state index is 11.4. The Balaban J connectivity index is 2.84. The lowest BCUT2D eigenvalue weighted by Crippen LogP contribution is -2.45. The molecule has 0 bridgehead atoms. The van der Waals surface area contributed by atoms with Crippen LogP contribution in [0.15, 0.2) is 0 Å². The average molecular weight is 206 g/mol.